The second kappa shape index (κ2) is 6.71. The van der Waals surface area contributed by atoms with E-state index in [0.29, 0.717) is 6.42 Å². The van der Waals surface area contributed by atoms with E-state index in [9.17, 15) is 4.79 Å². The zero-order valence-electron chi connectivity index (χ0n) is 11.8. The molecule has 0 N–H and O–H groups in total. The molecule has 0 aliphatic carbocycles. The van der Waals surface area contributed by atoms with E-state index in [1.165, 1.54) is 5.56 Å². The Kier molecular flexibility index (Phi) is 4.96. The Morgan fingerprint density at radius 1 is 1.05 bits per heavy atom. The number of Topliss-reactive ketones (excluding diaryl/α,β-unsaturated/α-hetero) is 1. The Labute approximate surface area is 128 Å². The van der Waals surface area contributed by atoms with Crippen LogP contribution in [0.3, 0.4) is 0 Å². The summed E-state index contributed by atoms with van der Waals surface area (Å²) < 4.78 is 1.09. The first kappa shape index (κ1) is 14.8. The highest BCUT2D eigenvalue weighted by molar-refractivity contribution is 9.10. The summed E-state index contributed by atoms with van der Waals surface area (Å²) in [5.74, 6) is 0.187. The zero-order chi connectivity index (χ0) is 14.5. The van der Waals surface area contributed by atoms with Gasteiger partial charge in [-0.2, -0.15) is 0 Å². The summed E-state index contributed by atoms with van der Waals surface area (Å²) in [5, 5.41) is 0. The summed E-state index contributed by atoms with van der Waals surface area (Å²) in [5.41, 5.74) is 3.15. The van der Waals surface area contributed by atoms with E-state index < -0.39 is 0 Å². The minimum Gasteiger partial charge on any atom is -0.370 e. The lowest BCUT2D eigenvalue weighted by atomic mass is 10.1. The molecule has 0 atom stereocenters. The fourth-order valence-corrected chi connectivity index (χ4v) is 2.33. The van der Waals surface area contributed by atoms with Crippen LogP contribution in [0, 0.1) is 0 Å². The minimum absolute atomic E-state index is 0.187. The van der Waals surface area contributed by atoms with Crippen molar-refractivity contribution in [1.29, 1.82) is 0 Å². The van der Waals surface area contributed by atoms with E-state index in [2.05, 4.69) is 40.0 Å². The molecule has 2 rings (SSSR count). The molecule has 2 aromatic carbocycles. The SMILES string of the molecule is CCC(=O)c1ccc(N(C)Cc2ccc(Br)cc2)cc1. The van der Waals surface area contributed by atoms with Crippen LogP contribution in [0.5, 0.6) is 0 Å². The lowest BCUT2D eigenvalue weighted by Crippen LogP contribution is -2.16. The molecule has 2 aromatic rings. The van der Waals surface area contributed by atoms with Crippen molar-refractivity contribution in [2.45, 2.75) is 19.9 Å². The summed E-state index contributed by atoms with van der Waals surface area (Å²) in [4.78, 5) is 13.8. The van der Waals surface area contributed by atoms with Crippen LogP contribution in [0.25, 0.3) is 0 Å². The van der Waals surface area contributed by atoms with Gasteiger partial charge in [-0.05, 0) is 42.0 Å². The first-order chi connectivity index (χ1) is 9.60. The average Bonchev–Trinajstić information content (AvgIpc) is 2.49. The van der Waals surface area contributed by atoms with Gasteiger partial charge in [0.25, 0.3) is 0 Å². The Bertz CT molecular complexity index is 575. The summed E-state index contributed by atoms with van der Waals surface area (Å²) in [6, 6.07) is 16.1. The molecule has 0 saturated heterocycles. The van der Waals surface area contributed by atoms with E-state index in [0.717, 1.165) is 22.3 Å². The average molecular weight is 332 g/mol. The Morgan fingerprint density at radius 3 is 2.20 bits per heavy atom. The van der Waals surface area contributed by atoms with Crippen molar-refractivity contribution in [2.75, 3.05) is 11.9 Å². The molecule has 2 nitrogen and oxygen atoms in total. The maximum atomic E-state index is 11.6. The van der Waals surface area contributed by atoms with Crippen LogP contribution in [0.2, 0.25) is 0 Å². The van der Waals surface area contributed by atoms with Gasteiger partial charge in [0.1, 0.15) is 0 Å². The molecule has 104 valence electrons. The number of nitrogens with zero attached hydrogens (tertiary/aromatic N) is 1. The van der Waals surface area contributed by atoms with Gasteiger partial charge in [-0.1, -0.05) is 35.0 Å². The van der Waals surface area contributed by atoms with Crippen molar-refractivity contribution in [1.82, 2.24) is 0 Å². The molecule has 0 bridgehead atoms. The van der Waals surface area contributed by atoms with E-state index in [1.54, 1.807) is 0 Å². The van der Waals surface area contributed by atoms with Crippen LogP contribution < -0.4 is 4.90 Å². The molecule has 0 aromatic heterocycles. The molecule has 3 heteroatoms. The number of hydrogen-bond donors (Lipinski definition) is 0. The molecule has 20 heavy (non-hydrogen) atoms. The second-order valence-corrected chi connectivity index (χ2v) is 5.72. The fourth-order valence-electron chi connectivity index (χ4n) is 2.06. The Balaban J connectivity index is 2.07. The van der Waals surface area contributed by atoms with Crippen molar-refractivity contribution in [3.8, 4) is 0 Å². The lowest BCUT2D eigenvalue weighted by Gasteiger charge is -2.19. The second-order valence-electron chi connectivity index (χ2n) is 4.81. The molecule has 0 radical (unpaired) electrons. The fraction of sp³-hybridized carbons (Fsp3) is 0.235. The summed E-state index contributed by atoms with van der Waals surface area (Å²) >= 11 is 3.44. The third-order valence-electron chi connectivity index (χ3n) is 3.28. The maximum absolute atomic E-state index is 11.6. The van der Waals surface area contributed by atoms with Gasteiger partial charge >= 0.3 is 0 Å². The largest absolute Gasteiger partial charge is 0.370 e. The number of anilines is 1. The molecular weight excluding hydrogens is 314 g/mol. The van der Waals surface area contributed by atoms with Crippen molar-refractivity contribution in [3.05, 3.63) is 64.1 Å². The highest BCUT2D eigenvalue weighted by Gasteiger charge is 2.05. The van der Waals surface area contributed by atoms with Crippen LogP contribution in [0.1, 0.15) is 29.3 Å². The van der Waals surface area contributed by atoms with E-state index in [-0.39, 0.29) is 5.78 Å². The van der Waals surface area contributed by atoms with Gasteiger partial charge in [-0.15, -0.1) is 0 Å². The zero-order valence-corrected chi connectivity index (χ0v) is 13.4. The topological polar surface area (TPSA) is 20.3 Å². The van der Waals surface area contributed by atoms with Gasteiger partial charge < -0.3 is 4.90 Å². The van der Waals surface area contributed by atoms with Gasteiger partial charge in [0.2, 0.25) is 0 Å². The highest BCUT2D eigenvalue weighted by atomic mass is 79.9. The summed E-state index contributed by atoms with van der Waals surface area (Å²) in [6.45, 7) is 2.73. The van der Waals surface area contributed by atoms with Crippen LogP contribution in [-0.2, 0) is 6.54 Å². The minimum atomic E-state index is 0.187. The predicted molar refractivity (Wildman–Crippen MR) is 87.3 cm³/mol. The van der Waals surface area contributed by atoms with Crippen LogP contribution in [-0.4, -0.2) is 12.8 Å². The van der Waals surface area contributed by atoms with E-state index in [4.69, 9.17) is 0 Å². The third kappa shape index (κ3) is 3.70. The Morgan fingerprint density at radius 2 is 1.65 bits per heavy atom. The van der Waals surface area contributed by atoms with Gasteiger partial charge in [-0.25, -0.2) is 0 Å². The van der Waals surface area contributed by atoms with Gasteiger partial charge in [0, 0.05) is 35.7 Å². The summed E-state index contributed by atoms with van der Waals surface area (Å²) in [7, 11) is 2.05. The third-order valence-corrected chi connectivity index (χ3v) is 3.81. The Hall–Kier alpha value is -1.61. The van der Waals surface area contributed by atoms with E-state index >= 15 is 0 Å². The molecule has 0 aliphatic rings. The van der Waals surface area contributed by atoms with E-state index in [1.807, 2.05) is 43.3 Å². The van der Waals surface area contributed by atoms with Gasteiger partial charge in [-0.3, -0.25) is 4.79 Å². The lowest BCUT2D eigenvalue weighted by molar-refractivity contribution is 0.0988. The molecule has 0 fully saturated rings. The van der Waals surface area contributed by atoms with Crippen molar-refractivity contribution < 1.29 is 4.79 Å². The quantitative estimate of drug-likeness (QED) is 0.741. The predicted octanol–water partition coefficient (Wildman–Crippen LogP) is 4.68. The summed E-state index contributed by atoms with van der Waals surface area (Å²) in [6.07, 6.45) is 0.550. The first-order valence-electron chi connectivity index (χ1n) is 6.69. The molecule has 0 saturated carbocycles. The van der Waals surface area contributed by atoms with Gasteiger partial charge in [0.05, 0.1) is 0 Å². The maximum Gasteiger partial charge on any atom is 0.162 e. The number of ketones is 1. The van der Waals surface area contributed by atoms with Crippen molar-refractivity contribution in [3.63, 3.8) is 0 Å². The molecule has 0 aliphatic heterocycles. The number of carbonyl (C=O) groups is 1. The number of halogens is 1. The number of hydrogen-bond acceptors (Lipinski definition) is 2. The van der Waals surface area contributed by atoms with Crippen LogP contribution in [0.4, 0.5) is 5.69 Å². The molecule has 0 spiro atoms. The van der Waals surface area contributed by atoms with Crippen molar-refractivity contribution >= 4 is 27.4 Å². The molecular formula is C17H18BrNO. The number of rotatable bonds is 5. The molecule has 0 unspecified atom stereocenters. The van der Waals surface area contributed by atoms with Crippen LogP contribution in [0.15, 0.2) is 53.0 Å². The normalized spacial score (nSPS) is 10.3. The number of carbonyl (C=O) groups excluding carboxylic acids is 1. The van der Waals surface area contributed by atoms with Gasteiger partial charge in [0.15, 0.2) is 5.78 Å². The smallest absolute Gasteiger partial charge is 0.162 e. The van der Waals surface area contributed by atoms with Crippen molar-refractivity contribution in [2.24, 2.45) is 0 Å². The molecule has 0 amide bonds. The van der Waals surface area contributed by atoms with Crippen LogP contribution >= 0.6 is 15.9 Å². The standard InChI is InChI=1S/C17H18BrNO/c1-3-17(20)14-6-10-16(11-7-14)19(2)12-13-4-8-15(18)9-5-13/h4-11H,3,12H2,1-2H3. The highest BCUT2D eigenvalue weighted by Crippen LogP contribution is 2.18. The first-order valence-corrected chi connectivity index (χ1v) is 7.48. The number of benzene rings is 2. The monoisotopic (exact) mass is 331 g/mol. The molecule has 0 heterocycles.